The Morgan fingerprint density at radius 1 is 1.18 bits per heavy atom. The molecule has 4 aliphatic carbocycles. The highest BCUT2D eigenvalue weighted by Gasteiger charge is 2.53. The van der Waals surface area contributed by atoms with E-state index in [1.54, 1.807) is 12.4 Å². The lowest BCUT2D eigenvalue weighted by Crippen LogP contribution is -2.53. The molecule has 2 heterocycles. The summed E-state index contributed by atoms with van der Waals surface area (Å²) in [6.07, 6.45) is 9.93. The quantitative estimate of drug-likeness (QED) is 0.638. The summed E-state index contributed by atoms with van der Waals surface area (Å²) in [6, 6.07) is 5.04. The van der Waals surface area contributed by atoms with E-state index in [0.29, 0.717) is 13.1 Å². The van der Waals surface area contributed by atoms with E-state index in [4.69, 9.17) is 4.74 Å². The molecular weight excluding hydrogens is 431 g/mol. The zero-order valence-corrected chi connectivity index (χ0v) is 20.0. The van der Waals surface area contributed by atoms with E-state index in [1.165, 1.54) is 51.7 Å². The summed E-state index contributed by atoms with van der Waals surface area (Å²) < 4.78 is 18.9. The molecule has 4 fully saturated rings. The molecule has 1 aromatic heterocycles. The molecule has 6 nitrogen and oxygen atoms in total. The van der Waals surface area contributed by atoms with Crippen LogP contribution in [0.4, 0.5) is 10.2 Å². The van der Waals surface area contributed by atoms with Crippen LogP contribution in [0.2, 0.25) is 0 Å². The summed E-state index contributed by atoms with van der Waals surface area (Å²) in [4.78, 5) is 11.4. The zero-order valence-electron chi connectivity index (χ0n) is 20.0. The van der Waals surface area contributed by atoms with Crippen LogP contribution >= 0.6 is 0 Å². The van der Waals surface area contributed by atoms with Crippen molar-refractivity contribution in [3.8, 4) is 5.75 Å². The number of hydrogen-bond acceptors (Lipinski definition) is 6. The van der Waals surface area contributed by atoms with E-state index in [0.717, 1.165) is 59.9 Å². The van der Waals surface area contributed by atoms with E-state index in [2.05, 4.69) is 20.2 Å². The third kappa shape index (κ3) is 4.07. The van der Waals surface area contributed by atoms with E-state index in [-0.39, 0.29) is 23.1 Å². The number of nitrogens with one attached hydrogen (secondary N) is 1. The molecule has 7 heteroatoms. The van der Waals surface area contributed by atoms with Gasteiger partial charge in [-0.3, -0.25) is 4.90 Å². The van der Waals surface area contributed by atoms with Crippen LogP contribution in [0, 0.1) is 29.0 Å². The van der Waals surface area contributed by atoms with Crippen LogP contribution in [0.1, 0.15) is 55.3 Å². The summed E-state index contributed by atoms with van der Waals surface area (Å²) in [6.45, 7) is 2.89. The molecule has 2 N–H and O–H groups in total. The number of benzene rings is 1. The molecule has 4 bridgehead atoms. The van der Waals surface area contributed by atoms with Gasteiger partial charge in [-0.25, -0.2) is 14.4 Å². The number of halogens is 1. The van der Waals surface area contributed by atoms with Crippen molar-refractivity contribution < 1.29 is 14.2 Å². The van der Waals surface area contributed by atoms with Gasteiger partial charge in [0, 0.05) is 31.7 Å². The second-order valence-corrected chi connectivity index (χ2v) is 11.3. The highest BCUT2D eigenvalue weighted by Crippen LogP contribution is 2.61. The summed E-state index contributed by atoms with van der Waals surface area (Å²) >= 11 is 0. The minimum atomic E-state index is -0.338. The standard InChI is InChI=1S/C27H35FN4O2/c1-34-24-9-17(2-3-22(24)28)14-32-5-4-21-23(15-32)30-16-31-26(21)29-13-25(33)27-10-18-6-19(11-27)8-20(7-18)12-27/h2-3,9,16,18-20,25,33H,4-8,10-15H2,1H3,(H,29,30,31). The number of hydrogen-bond donors (Lipinski definition) is 2. The third-order valence-corrected chi connectivity index (χ3v) is 8.96. The van der Waals surface area contributed by atoms with Gasteiger partial charge in [-0.05, 0) is 85.8 Å². The Morgan fingerprint density at radius 3 is 2.62 bits per heavy atom. The Labute approximate surface area is 200 Å². The number of rotatable bonds is 7. The second kappa shape index (κ2) is 8.76. The van der Waals surface area contributed by atoms with Gasteiger partial charge in [0.2, 0.25) is 0 Å². The maximum atomic E-state index is 13.7. The van der Waals surface area contributed by atoms with E-state index in [1.807, 2.05) is 6.07 Å². The number of methoxy groups -OCH3 is 1. The molecule has 0 radical (unpaired) electrons. The van der Waals surface area contributed by atoms with Crippen molar-refractivity contribution in [2.75, 3.05) is 25.5 Å². The molecule has 0 saturated heterocycles. The second-order valence-electron chi connectivity index (χ2n) is 11.3. The Hall–Kier alpha value is -2.25. The summed E-state index contributed by atoms with van der Waals surface area (Å²) in [5.74, 6) is 3.31. The normalized spacial score (nSPS) is 30.7. The van der Waals surface area contributed by atoms with Crippen LogP contribution in [0.5, 0.6) is 5.75 Å². The van der Waals surface area contributed by atoms with Crippen LogP contribution < -0.4 is 10.1 Å². The lowest BCUT2D eigenvalue weighted by atomic mass is 9.48. The van der Waals surface area contributed by atoms with E-state index in [9.17, 15) is 9.50 Å². The average Bonchev–Trinajstić information content (AvgIpc) is 2.82. The minimum absolute atomic E-state index is 0.113. The Bertz CT molecular complexity index is 1030. The fourth-order valence-electron chi connectivity index (χ4n) is 7.75. The highest BCUT2D eigenvalue weighted by atomic mass is 19.1. The first kappa shape index (κ1) is 22.2. The van der Waals surface area contributed by atoms with Crippen molar-refractivity contribution in [2.45, 2.75) is 64.1 Å². The molecular formula is C27H35FN4O2. The maximum Gasteiger partial charge on any atom is 0.165 e. The first-order chi connectivity index (χ1) is 16.5. The fourth-order valence-corrected chi connectivity index (χ4v) is 7.75. The van der Waals surface area contributed by atoms with Gasteiger partial charge >= 0.3 is 0 Å². The van der Waals surface area contributed by atoms with Crippen molar-refractivity contribution >= 4 is 5.82 Å². The van der Waals surface area contributed by atoms with Gasteiger partial charge in [-0.2, -0.15) is 0 Å². The molecule has 0 spiro atoms. The van der Waals surface area contributed by atoms with Gasteiger partial charge in [0.15, 0.2) is 11.6 Å². The molecule has 5 aliphatic rings. The fraction of sp³-hybridized carbons (Fsp3) is 0.630. The molecule has 182 valence electrons. The van der Waals surface area contributed by atoms with E-state index < -0.39 is 0 Å². The topological polar surface area (TPSA) is 70.5 Å². The summed E-state index contributed by atoms with van der Waals surface area (Å²) in [5, 5.41) is 14.8. The van der Waals surface area contributed by atoms with Gasteiger partial charge in [0.05, 0.1) is 18.9 Å². The molecule has 1 aromatic carbocycles. The monoisotopic (exact) mass is 466 g/mol. The smallest absolute Gasteiger partial charge is 0.165 e. The number of ether oxygens (including phenoxy) is 1. The average molecular weight is 467 g/mol. The summed E-state index contributed by atoms with van der Waals surface area (Å²) in [5.41, 5.74) is 3.32. The molecule has 1 atom stereocenters. The lowest BCUT2D eigenvalue weighted by Gasteiger charge is -2.58. The number of aromatic nitrogens is 2. The first-order valence-corrected chi connectivity index (χ1v) is 12.8. The molecule has 4 saturated carbocycles. The predicted octanol–water partition coefficient (Wildman–Crippen LogP) is 4.17. The van der Waals surface area contributed by atoms with Crippen LogP contribution in [0.15, 0.2) is 24.5 Å². The minimum Gasteiger partial charge on any atom is -0.494 e. The number of aliphatic hydroxyl groups excluding tert-OH is 1. The Kier molecular flexibility index (Phi) is 5.72. The number of nitrogens with zero attached hydrogens (tertiary/aromatic N) is 3. The SMILES string of the molecule is COc1cc(CN2CCc3c(ncnc3NCC(O)C34CC5CC(CC(C5)C3)C4)C2)ccc1F. The number of anilines is 1. The van der Waals surface area contributed by atoms with Gasteiger partial charge < -0.3 is 15.2 Å². The van der Waals surface area contributed by atoms with Crippen LogP contribution in [0.3, 0.4) is 0 Å². The van der Waals surface area contributed by atoms with Gasteiger partial charge in [-0.1, -0.05) is 6.07 Å². The molecule has 1 unspecified atom stereocenters. The van der Waals surface area contributed by atoms with Gasteiger partial charge in [-0.15, -0.1) is 0 Å². The highest BCUT2D eigenvalue weighted by molar-refractivity contribution is 5.47. The predicted molar refractivity (Wildman–Crippen MR) is 128 cm³/mol. The van der Waals surface area contributed by atoms with Gasteiger partial charge in [0.25, 0.3) is 0 Å². The van der Waals surface area contributed by atoms with Crippen molar-refractivity contribution in [1.29, 1.82) is 0 Å². The summed E-state index contributed by atoms with van der Waals surface area (Å²) in [7, 11) is 1.49. The lowest BCUT2D eigenvalue weighted by molar-refractivity contribution is -0.115. The Balaban J connectivity index is 1.11. The largest absolute Gasteiger partial charge is 0.494 e. The zero-order chi connectivity index (χ0) is 23.3. The van der Waals surface area contributed by atoms with Crippen molar-refractivity contribution in [3.63, 3.8) is 0 Å². The first-order valence-electron chi connectivity index (χ1n) is 12.8. The molecule has 7 rings (SSSR count). The Morgan fingerprint density at radius 2 is 1.91 bits per heavy atom. The number of fused-ring (bicyclic) bond motifs is 1. The van der Waals surface area contributed by atoms with Crippen LogP contribution in [-0.4, -0.2) is 46.3 Å². The number of aliphatic hydroxyl groups is 1. The van der Waals surface area contributed by atoms with Crippen molar-refractivity contribution in [3.05, 3.63) is 47.2 Å². The van der Waals surface area contributed by atoms with Crippen molar-refractivity contribution in [1.82, 2.24) is 14.9 Å². The third-order valence-electron chi connectivity index (χ3n) is 8.96. The van der Waals surface area contributed by atoms with Crippen LogP contribution in [0.25, 0.3) is 0 Å². The molecule has 1 aliphatic heterocycles. The molecule has 0 amide bonds. The molecule has 2 aromatic rings. The molecule has 34 heavy (non-hydrogen) atoms. The van der Waals surface area contributed by atoms with E-state index >= 15 is 0 Å². The maximum absolute atomic E-state index is 13.7. The van der Waals surface area contributed by atoms with Gasteiger partial charge in [0.1, 0.15) is 12.1 Å². The van der Waals surface area contributed by atoms with Crippen molar-refractivity contribution in [2.24, 2.45) is 23.2 Å². The van der Waals surface area contributed by atoms with Crippen LogP contribution in [-0.2, 0) is 19.5 Å².